The second kappa shape index (κ2) is 6.91. The molecule has 0 bridgehead atoms. The van der Waals surface area contributed by atoms with Gasteiger partial charge in [0.2, 0.25) is 5.89 Å². The standard InChI is InChI=1S/C21H26N2O4/c1-21(2,3)27-20(24)23-13-15-7-5-9-17(15)19(23)26-16-8-4-6-14(12-16)18-22-10-11-25-18/h4,6,8,10-12,15,17,19H,5,7,9,13H2,1-3H3/t15-,17-,19?/m0/s1. The minimum atomic E-state index is -0.524. The molecule has 144 valence electrons. The van der Waals surface area contributed by atoms with Crippen LogP contribution in [-0.4, -0.2) is 34.4 Å². The van der Waals surface area contributed by atoms with Crippen LogP contribution in [-0.2, 0) is 4.74 Å². The molecular weight excluding hydrogens is 344 g/mol. The minimum Gasteiger partial charge on any atom is -0.470 e. The smallest absolute Gasteiger partial charge is 0.413 e. The van der Waals surface area contributed by atoms with Crippen LogP contribution in [0.5, 0.6) is 5.75 Å². The zero-order valence-electron chi connectivity index (χ0n) is 16.1. The van der Waals surface area contributed by atoms with E-state index in [9.17, 15) is 4.79 Å². The quantitative estimate of drug-likeness (QED) is 0.783. The molecule has 1 amide bonds. The summed E-state index contributed by atoms with van der Waals surface area (Å²) in [5.74, 6) is 2.09. The van der Waals surface area contributed by atoms with E-state index in [2.05, 4.69) is 4.98 Å². The number of carbonyl (C=O) groups is 1. The Morgan fingerprint density at radius 1 is 1.30 bits per heavy atom. The number of nitrogens with zero attached hydrogens (tertiary/aromatic N) is 2. The van der Waals surface area contributed by atoms with Crippen LogP contribution in [0.15, 0.2) is 41.1 Å². The van der Waals surface area contributed by atoms with E-state index in [1.165, 1.54) is 6.42 Å². The van der Waals surface area contributed by atoms with Crippen LogP contribution < -0.4 is 4.74 Å². The maximum absolute atomic E-state index is 12.7. The fourth-order valence-electron chi connectivity index (χ4n) is 4.11. The van der Waals surface area contributed by atoms with Crippen molar-refractivity contribution in [2.24, 2.45) is 11.8 Å². The number of rotatable bonds is 3. The summed E-state index contributed by atoms with van der Waals surface area (Å²) >= 11 is 0. The third-order valence-electron chi connectivity index (χ3n) is 5.22. The van der Waals surface area contributed by atoms with Gasteiger partial charge < -0.3 is 13.9 Å². The van der Waals surface area contributed by atoms with Crippen LogP contribution in [0.25, 0.3) is 11.5 Å². The fourth-order valence-corrected chi connectivity index (χ4v) is 4.11. The Bertz CT molecular complexity index is 797. The summed E-state index contributed by atoms with van der Waals surface area (Å²) in [6, 6.07) is 7.65. The van der Waals surface area contributed by atoms with E-state index in [1.54, 1.807) is 17.4 Å². The summed E-state index contributed by atoms with van der Waals surface area (Å²) < 4.78 is 17.3. The number of oxazole rings is 1. The van der Waals surface area contributed by atoms with Crippen molar-refractivity contribution in [1.29, 1.82) is 0 Å². The molecule has 1 saturated heterocycles. The van der Waals surface area contributed by atoms with E-state index in [0.29, 0.717) is 30.0 Å². The molecule has 1 saturated carbocycles. The Kier molecular flexibility index (Phi) is 4.58. The van der Waals surface area contributed by atoms with E-state index >= 15 is 0 Å². The van der Waals surface area contributed by atoms with Crippen molar-refractivity contribution >= 4 is 6.09 Å². The highest BCUT2D eigenvalue weighted by Crippen LogP contribution is 2.43. The number of likely N-dealkylation sites (tertiary alicyclic amines) is 1. The van der Waals surface area contributed by atoms with Crippen LogP contribution in [0.4, 0.5) is 4.79 Å². The zero-order valence-corrected chi connectivity index (χ0v) is 16.1. The van der Waals surface area contributed by atoms with E-state index < -0.39 is 5.60 Å². The molecule has 1 aromatic heterocycles. The molecule has 4 rings (SSSR count). The predicted octanol–water partition coefficient (Wildman–Crippen LogP) is 4.71. The predicted molar refractivity (Wildman–Crippen MR) is 100 cm³/mol. The average molecular weight is 370 g/mol. The van der Waals surface area contributed by atoms with Crippen LogP contribution in [0, 0.1) is 11.8 Å². The molecule has 2 aromatic rings. The fraction of sp³-hybridized carbons (Fsp3) is 0.524. The lowest BCUT2D eigenvalue weighted by Gasteiger charge is -2.30. The monoisotopic (exact) mass is 370 g/mol. The third kappa shape index (κ3) is 3.80. The Morgan fingerprint density at radius 3 is 2.89 bits per heavy atom. The lowest BCUT2D eigenvalue weighted by atomic mass is 9.99. The highest BCUT2D eigenvalue weighted by atomic mass is 16.6. The normalized spacial score (nSPS) is 24.7. The van der Waals surface area contributed by atoms with Crippen molar-refractivity contribution in [2.45, 2.75) is 51.9 Å². The minimum absolute atomic E-state index is 0.299. The number of amides is 1. The van der Waals surface area contributed by atoms with Crippen molar-refractivity contribution in [3.8, 4) is 17.2 Å². The van der Waals surface area contributed by atoms with Crippen LogP contribution in [0.1, 0.15) is 40.0 Å². The average Bonchev–Trinajstić information content (AvgIpc) is 3.32. The van der Waals surface area contributed by atoms with Crippen molar-refractivity contribution in [3.63, 3.8) is 0 Å². The van der Waals surface area contributed by atoms with Gasteiger partial charge in [-0.25, -0.2) is 9.78 Å². The maximum Gasteiger partial charge on any atom is 0.413 e. The number of ether oxygens (including phenoxy) is 2. The lowest BCUT2D eigenvalue weighted by molar-refractivity contribution is -0.0156. The van der Waals surface area contributed by atoms with E-state index in [0.717, 1.165) is 18.4 Å². The molecule has 0 spiro atoms. The molecule has 3 atom stereocenters. The van der Waals surface area contributed by atoms with E-state index in [1.807, 2.05) is 45.0 Å². The van der Waals surface area contributed by atoms with Gasteiger partial charge in [0.15, 0.2) is 6.23 Å². The van der Waals surface area contributed by atoms with E-state index in [4.69, 9.17) is 13.9 Å². The molecule has 0 N–H and O–H groups in total. The first-order valence-corrected chi connectivity index (χ1v) is 9.57. The van der Waals surface area contributed by atoms with Crippen molar-refractivity contribution in [2.75, 3.05) is 6.54 Å². The lowest BCUT2D eigenvalue weighted by Crippen LogP contribution is -2.44. The maximum atomic E-state index is 12.7. The summed E-state index contributed by atoms with van der Waals surface area (Å²) in [6.07, 6.45) is 5.97. The first kappa shape index (κ1) is 17.9. The number of fused-ring (bicyclic) bond motifs is 1. The Hall–Kier alpha value is -2.50. The third-order valence-corrected chi connectivity index (χ3v) is 5.22. The molecule has 27 heavy (non-hydrogen) atoms. The first-order chi connectivity index (χ1) is 12.9. The van der Waals surface area contributed by atoms with Gasteiger partial charge >= 0.3 is 6.09 Å². The number of carbonyl (C=O) groups excluding carboxylic acids is 1. The number of hydrogen-bond donors (Lipinski definition) is 0. The topological polar surface area (TPSA) is 64.8 Å². The van der Waals surface area contributed by atoms with Crippen LogP contribution >= 0.6 is 0 Å². The molecule has 2 heterocycles. The second-order valence-corrected chi connectivity index (χ2v) is 8.36. The Balaban J connectivity index is 1.56. The van der Waals surface area contributed by atoms with E-state index in [-0.39, 0.29) is 12.3 Å². The molecule has 1 aromatic carbocycles. The molecule has 2 fully saturated rings. The summed E-state index contributed by atoms with van der Waals surface area (Å²) in [5.41, 5.74) is 0.326. The molecular formula is C21H26N2O4. The van der Waals surface area contributed by atoms with Gasteiger partial charge in [0, 0.05) is 18.0 Å². The first-order valence-electron chi connectivity index (χ1n) is 9.57. The summed E-state index contributed by atoms with van der Waals surface area (Å²) in [6.45, 7) is 6.36. The second-order valence-electron chi connectivity index (χ2n) is 8.36. The van der Waals surface area contributed by atoms with Gasteiger partial charge in [-0.15, -0.1) is 0 Å². The SMILES string of the molecule is CC(C)(C)OC(=O)N1C[C@@H]2CCC[C@@H]2C1Oc1cccc(-c2ncco2)c1. The highest BCUT2D eigenvalue weighted by molar-refractivity contribution is 5.69. The van der Waals surface area contributed by atoms with Gasteiger partial charge in [0.25, 0.3) is 0 Å². The largest absolute Gasteiger partial charge is 0.470 e. The van der Waals surface area contributed by atoms with Crippen LogP contribution in [0.2, 0.25) is 0 Å². The van der Waals surface area contributed by atoms with Crippen LogP contribution in [0.3, 0.4) is 0 Å². The molecule has 1 aliphatic heterocycles. The van der Waals surface area contributed by atoms with Gasteiger partial charge in [-0.2, -0.15) is 0 Å². The zero-order chi connectivity index (χ0) is 19.0. The number of benzene rings is 1. The van der Waals surface area contributed by atoms with Gasteiger partial charge in [-0.05, 0) is 57.7 Å². The highest BCUT2D eigenvalue weighted by Gasteiger charge is 2.48. The van der Waals surface area contributed by atoms with Crippen molar-refractivity contribution < 1.29 is 18.7 Å². The summed E-state index contributed by atoms with van der Waals surface area (Å²) in [5, 5.41) is 0. The number of aromatic nitrogens is 1. The molecule has 1 unspecified atom stereocenters. The van der Waals surface area contributed by atoms with Gasteiger partial charge in [0.05, 0.1) is 6.20 Å². The summed E-state index contributed by atoms with van der Waals surface area (Å²) in [7, 11) is 0. The molecule has 2 aliphatic rings. The van der Waals surface area contributed by atoms with Gasteiger partial charge in [-0.1, -0.05) is 12.5 Å². The molecule has 6 nitrogen and oxygen atoms in total. The number of hydrogen-bond acceptors (Lipinski definition) is 5. The molecule has 6 heteroatoms. The van der Waals surface area contributed by atoms with Gasteiger partial charge in [0.1, 0.15) is 17.6 Å². The van der Waals surface area contributed by atoms with Gasteiger partial charge in [-0.3, -0.25) is 4.90 Å². The van der Waals surface area contributed by atoms with Crippen molar-refractivity contribution in [1.82, 2.24) is 9.88 Å². The molecule has 0 radical (unpaired) electrons. The summed E-state index contributed by atoms with van der Waals surface area (Å²) in [4.78, 5) is 18.7. The molecule has 1 aliphatic carbocycles. The van der Waals surface area contributed by atoms with Crippen molar-refractivity contribution in [3.05, 3.63) is 36.7 Å². The Morgan fingerprint density at radius 2 is 2.15 bits per heavy atom. The Labute approximate surface area is 159 Å².